The number of hydrogen-bond acceptors (Lipinski definition) is 10. The Bertz CT molecular complexity index is 1540. The fourth-order valence-electron chi connectivity index (χ4n) is 8.20. The van der Waals surface area contributed by atoms with Crippen LogP contribution in [0.25, 0.3) is 0 Å². The number of alkyl halides is 8. The molecule has 12 nitrogen and oxygen atoms in total. The number of nitrogens with zero attached hydrogens (tertiary/aromatic N) is 2. The van der Waals surface area contributed by atoms with E-state index in [1.807, 2.05) is 0 Å². The number of hydrogen-bond donors (Lipinski definition) is 0. The van der Waals surface area contributed by atoms with Gasteiger partial charge in [-0.2, -0.15) is 26.3 Å². The molecule has 2 heterocycles. The molecule has 0 bridgehead atoms. The van der Waals surface area contributed by atoms with Gasteiger partial charge in [0.1, 0.15) is 35.8 Å². The van der Waals surface area contributed by atoms with Gasteiger partial charge in [-0.05, 0) is 118 Å². The van der Waals surface area contributed by atoms with Crippen molar-refractivity contribution in [3.8, 4) is 0 Å². The number of imide groups is 2. The van der Waals surface area contributed by atoms with Gasteiger partial charge in [-0.15, -0.1) is 0 Å². The Hall–Kier alpha value is -3.74. The molecule has 4 fully saturated rings. The average Bonchev–Trinajstić information content (AvgIpc) is 3.69. The normalized spacial score (nSPS) is 22.9. The highest BCUT2D eigenvalue weighted by Gasteiger charge is 2.53. The van der Waals surface area contributed by atoms with Gasteiger partial charge in [-0.25, -0.2) is 28.2 Å². The van der Waals surface area contributed by atoms with Gasteiger partial charge in [0.15, 0.2) is 0 Å². The van der Waals surface area contributed by atoms with Gasteiger partial charge < -0.3 is 18.9 Å². The number of carbonyl (C=O) groups excluding carboxylic acids is 6. The summed E-state index contributed by atoms with van der Waals surface area (Å²) in [6.07, 6.45) is -14.3. The molecule has 0 aromatic rings. The summed E-state index contributed by atoms with van der Waals surface area (Å²) in [6, 6.07) is -1.28. The number of cyclic esters (lactones) is 2. The molecule has 4 aliphatic rings. The van der Waals surface area contributed by atoms with Crippen LogP contribution in [0.5, 0.6) is 0 Å². The molecule has 0 aromatic carbocycles. The lowest BCUT2D eigenvalue weighted by molar-refractivity contribution is -0.171. The van der Waals surface area contributed by atoms with E-state index >= 15 is 8.78 Å². The van der Waals surface area contributed by atoms with Crippen molar-refractivity contribution in [1.29, 1.82) is 0 Å². The molecular weight excluding hydrogens is 868 g/mol. The predicted octanol–water partition coefficient (Wildman–Crippen LogP) is 10.4. The monoisotopic (exact) mass is 934 g/mol. The summed E-state index contributed by atoms with van der Waals surface area (Å²) in [5, 5.41) is 0. The second kappa shape index (κ2) is 20.8. The Morgan fingerprint density at radius 3 is 1.11 bits per heavy atom. The van der Waals surface area contributed by atoms with Gasteiger partial charge >= 0.3 is 36.5 Å². The van der Waals surface area contributed by atoms with Crippen LogP contribution in [0, 0.1) is 35.5 Å². The zero-order chi connectivity index (χ0) is 49.0. The number of ether oxygens (including phenoxy) is 4. The molecule has 2 aliphatic heterocycles. The van der Waals surface area contributed by atoms with Crippen LogP contribution in [0.2, 0.25) is 0 Å². The van der Waals surface area contributed by atoms with Crippen molar-refractivity contribution in [3.05, 3.63) is 0 Å². The first-order valence-electron chi connectivity index (χ1n) is 22.0. The van der Waals surface area contributed by atoms with E-state index in [1.54, 1.807) is 69.2 Å². The van der Waals surface area contributed by atoms with E-state index in [1.165, 1.54) is 0 Å². The molecule has 2 aliphatic carbocycles. The Labute approximate surface area is 370 Å². The van der Waals surface area contributed by atoms with Crippen molar-refractivity contribution in [2.45, 2.75) is 193 Å². The van der Waals surface area contributed by atoms with Gasteiger partial charge in [0.05, 0.1) is 35.8 Å². The van der Waals surface area contributed by atoms with E-state index in [9.17, 15) is 55.1 Å². The largest absolute Gasteiger partial charge is 0.460 e. The summed E-state index contributed by atoms with van der Waals surface area (Å²) < 4.78 is 129. The van der Waals surface area contributed by atoms with E-state index in [4.69, 9.17) is 18.9 Å². The molecule has 0 unspecified atom stereocenters. The van der Waals surface area contributed by atoms with E-state index < -0.39 is 145 Å². The molecule has 368 valence electrons. The van der Waals surface area contributed by atoms with Crippen LogP contribution in [0.4, 0.5) is 44.7 Å². The SMILES string of the molecule is CC(C)[C@@H]1COC(=O)N1C(=O)[C@@H](CC1(F)CCC1)[C@@H](CCC(F)(F)F)C(=O)OC(C)(C)C.CC(C)[C@@H]1COC(=O)N1C(=O)[C@@H](CC1(F)CCC1)[C@H](CCC(F)(F)F)C(=O)OC(C)(C)C. The summed E-state index contributed by atoms with van der Waals surface area (Å²) in [7, 11) is 0. The summed E-state index contributed by atoms with van der Waals surface area (Å²) >= 11 is 0. The molecule has 0 aromatic heterocycles. The second-order valence-electron chi connectivity index (χ2n) is 20.4. The summed E-state index contributed by atoms with van der Waals surface area (Å²) in [5.41, 5.74) is -5.57. The first kappa shape index (κ1) is 54.6. The van der Waals surface area contributed by atoms with Crippen LogP contribution in [0.15, 0.2) is 0 Å². The Morgan fingerprint density at radius 1 is 0.594 bits per heavy atom. The lowest BCUT2D eigenvalue weighted by Gasteiger charge is -2.39. The standard InChI is InChI=1S/2C22H33F4NO5/c2*1-13(2)16-12-31-19(30)27(16)17(28)15(11-21(23)8-6-9-21)14(7-10-22(24,25)26)18(29)32-20(3,4)5/h2*13-16H,6-12H2,1-5H3/t14-,15+,16+;14-,15-,16-/m10/s1. The van der Waals surface area contributed by atoms with E-state index in [0.717, 1.165) is 9.80 Å². The zero-order valence-electron chi connectivity index (χ0n) is 38.5. The number of rotatable bonds is 16. The number of amides is 4. The molecule has 2 saturated carbocycles. The predicted molar refractivity (Wildman–Crippen MR) is 214 cm³/mol. The maximum absolute atomic E-state index is 15.1. The van der Waals surface area contributed by atoms with Gasteiger partial charge in [-0.3, -0.25) is 19.2 Å². The molecule has 6 atom stereocenters. The molecule has 20 heteroatoms. The summed E-state index contributed by atoms with van der Waals surface area (Å²) in [5.74, 6) is -10.2. The zero-order valence-corrected chi connectivity index (χ0v) is 38.5. The minimum atomic E-state index is -4.58. The Morgan fingerprint density at radius 2 is 0.891 bits per heavy atom. The highest BCUT2D eigenvalue weighted by molar-refractivity contribution is 5.97. The fourth-order valence-corrected chi connectivity index (χ4v) is 8.20. The third kappa shape index (κ3) is 15.7. The quantitative estimate of drug-likeness (QED) is 0.0833. The topological polar surface area (TPSA) is 146 Å². The first-order valence-corrected chi connectivity index (χ1v) is 22.0. The highest BCUT2D eigenvalue weighted by Crippen LogP contribution is 2.46. The van der Waals surface area contributed by atoms with Gasteiger partial charge in [-0.1, -0.05) is 27.7 Å². The van der Waals surface area contributed by atoms with Crippen molar-refractivity contribution < 1.29 is 82.8 Å². The van der Waals surface area contributed by atoms with E-state index in [-0.39, 0.29) is 50.7 Å². The highest BCUT2D eigenvalue weighted by atomic mass is 19.4. The van der Waals surface area contributed by atoms with E-state index in [0.29, 0.717) is 12.8 Å². The van der Waals surface area contributed by atoms with Crippen LogP contribution in [-0.2, 0) is 38.1 Å². The number of carbonyl (C=O) groups is 6. The molecule has 0 spiro atoms. The molecule has 0 radical (unpaired) electrons. The molecule has 64 heavy (non-hydrogen) atoms. The molecule has 4 amide bonds. The van der Waals surface area contributed by atoms with Gasteiger partial charge in [0.2, 0.25) is 11.8 Å². The molecule has 2 saturated heterocycles. The smallest absolute Gasteiger partial charge is 0.416 e. The fraction of sp³-hybridized carbons (Fsp3) is 0.864. The van der Waals surface area contributed by atoms with Gasteiger partial charge in [0, 0.05) is 12.8 Å². The van der Waals surface area contributed by atoms with Crippen LogP contribution < -0.4 is 0 Å². The van der Waals surface area contributed by atoms with Crippen LogP contribution in [0.1, 0.15) is 146 Å². The van der Waals surface area contributed by atoms with E-state index in [2.05, 4.69) is 0 Å². The summed E-state index contributed by atoms with van der Waals surface area (Å²) in [4.78, 5) is 79.2. The molecule has 0 N–H and O–H groups in total. The first-order chi connectivity index (χ1) is 29.1. The Balaban J connectivity index is 0.000000340. The number of esters is 2. The second-order valence-corrected chi connectivity index (χ2v) is 20.4. The maximum atomic E-state index is 15.1. The minimum Gasteiger partial charge on any atom is -0.460 e. The third-order valence-electron chi connectivity index (χ3n) is 12.0. The maximum Gasteiger partial charge on any atom is 0.416 e. The molecular formula is C44H66F8N2O10. The molecule has 4 rings (SSSR count). The van der Waals surface area contributed by atoms with Crippen molar-refractivity contribution in [1.82, 2.24) is 9.80 Å². The van der Waals surface area contributed by atoms with Crippen LogP contribution in [0.3, 0.4) is 0 Å². The Kier molecular flexibility index (Phi) is 17.8. The van der Waals surface area contributed by atoms with Crippen molar-refractivity contribution in [2.24, 2.45) is 35.5 Å². The van der Waals surface area contributed by atoms with Crippen molar-refractivity contribution in [2.75, 3.05) is 13.2 Å². The third-order valence-corrected chi connectivity index (χ3v) is 12.0. The summed E-state index contributed by atoms with van der Waals surface area (Å²) in [6.45, 7) is 16.3. The minimum absolute atomic E-state index is 0.0601. The van der Waals surface area contributed by atoms with Crippen LogP contribution in [-0.4, -0.2) is 106 Å². The number of halogens is 8. The van der Waals surface area contributed by atoms with Crippen LogP contribution >= 0.6 is 0 Å². The van der Waals surface area contributed by atoms with Crippen molar-refractivity contribution in [3.63, 3.8) is 0 Å². The average molecular weight is 935 g/mol. The van der Waals surface area contributed by atoms with Gasteiger partial charge in [0.25, 0.3) is 0 Å². The van der Waals surface area contributed by atoms with Crippen molar-refractivity contribution >= 4 is 35.9 Å². The lowest BCUT2D eigenvalue weighted by atomic mass is 9.71. The lowest BCUT2D eigenvalue weighted by Crippen LogP contribution is -2.50.